The van der Waals surface area contributed by atoms with Gasteiger partial charge in [-0.05, 0) is 54.8 Å². The summed E-state index contributed by atoms with van der Waals surface area (Å²) in [5, 5.41) is 5.75. The summed E-state index contributed by atoms with van der Waals surface area (Å²) in [5.41, 5.74) is 3.61. The van der Waals surface area contributed by atoms with Gasteiger partial charge in [-0.25, -0.2) is 0 Å². The van der Waals surface area contributed by atoms with Crippen LogP contribution in [-0.4, -0.2) is 25.5 Å². The maximum absolute atomic E-state index is 12.7. The van der Waals surface area contributed by atoms with E-state index < -0.39 is 0 Å². The number of rotatable bonds is 7. The van der Waals surface area contributed by atoms with Crippen LogP contribution in [-0.2, 0) is 6.42 Å². The first-order chi connectivity index (χ1) is 14.1. The number of methoxy groups -OCH3 is 1. The van der Waals surface area contributed by atoms with Crippen molar-refractivity contribution in [1.29, 1.82) is 0 Å². The van der Waals surface area contributed by atoms with Gasteiger partial charge in [0, 0.05) is 17.7 Å². The van der Waals surface area contributed by atoms with E-state index in [1.54, 1.807) is 31.4 Å². The van der Waals surface area contributed by atoms with Crippen LogP contribution < -0.4 is 15.4 Å². The molecule has 0 aromatic heterocycles. The summed E-state index contributed by atoms with van der Waals surface area (Å²) in [6.45, 7) is 2.47. The Kier molecular flexibility index (Phi) is 6.63. The number of hydrogen-bond donors (Lipinski definition) is 2. The standard InChI is InChI=1S/C24H24N2O3/c1-17-11-12-22(29-2)21(15-17)26-24(28)20-10-6-9-19(16-20)23(27)25-14-13-18-7-4-3-5-8-18/h3-12,15-16H,13-14H2,1-2H3,(H,25,27)(H,26,28). The van der Waals surface area contributed by atoms with Gasteiger partial charge in [0.25, 0.3) is 11.8 Å². The normalized spacial score (nSPS) is 10.3. The third kappa shape index (κ3) is 5.45. The molecule has 0 saturated carbocycles. The van der Waals surface area contributed by atoms with Crippen LogP contribution in [0, 0.1) is 6.92 Å². The summed E-state index contributed by atoms with van der Waals surface area (Å²) in [6.07, 6.45) is 0.750. The van der Waals surface area contributed by atoms with E-state index in [2.05, 4.69) is 10.6 Å². The Bertz CT molecular complexity index is 1000. The zero-order chi connectivity index (χ0) is 20.6. The van der Waals surface area contributed by atoms with Crippen molar-refractivity contribution in [3.8, 4) is 5.75 Å². The van der Waals surface area contributed by atoms with E-state index in [-0.39, 0.29) is 11.8 Å². The molecule has 29 heavy (non-hydrogen) atoms. The first-order valence-corrected chi connectivity index (χ1v) is 9.45. The van der Waals surface area contributed by atoms with E-state index in [0.717, 1.165) is 17.5 Å². The molecule has 0 saturated heterocycles. The number of anilines is 1. The van der Waals surface area contributed by atoms with E-state index in [4.69, 9.17) is 4.74 Å². The molecule has 3 aromatic rings. The molecule has 2 N–H and O–H groups in total. The topological polar surface area (TPSA) is 67.4 Å². The van der Waals surface area contributed by atoms with Crippen LogP contribution in [0.5, 0.6) is 5.75 Å². The first kappa shape index (κ1) is 20.1. The lowest BCUT2D eigenvalue weighted by Crippen LogP contribution is -2.26. The minimum atomic E-state index is -0.298. The molecule has 0 bridgehead atoms. The number of amides is 2. The van der Waals surface area contributed by atoms with E-state index in [9.17, 15) is 9.59 Å². The van der Waals surface area contributed by atoms with Crippen LogP contribution >= 0.6 is 0 Å². The number of carbonyl (C=O) groups is 2. The van der Waals surface area contributed by atoms with Gasteiger partial charge in [0.1, 0.15) is 5.75 Å². The van der Waals surface area contributed by atoms with E-state index in [1.807, 2.05) is 55.5 Å². The van der Waals surface area contributed by atoms with Crippen molar-refractivity contribution in [3.63, 3.8) is 0 Å². The summed E-state index contributed by atoms with van der Waals surface area (Å²) >= 11 is 0. The highest BCUT2D eigenvalue weighted by atomic mass is 16.5. The average Bonchev–Trinajstić information content (AvgIpc) is 2.74. The fourth-order valence-electron chi connectivity index (χ4n) is 2.98. The highest BCUT2D eigenvalue weighted by Gasteiger charge is 2.13. The molecule has 5 nitrogen and oxygen atoms in total. The van der Waals surface area contributed by atoms with E-state index in [0.29, 0.717) is 29.1 Å². The Morgan fingerprint density at radius 3 is 2.31 bits per heavy atom. The van der Waals surface area contributed by atoms with Crippen molar-refractivity contribution in [2.45, 2.75) is 13.3 Å². The summed E-state index contributed by atoms with van der Waals surface area (Å²) in [4.78, 5) is 25.1. The van der Waals surface area contributed by atoms with E-state index >= 15 is 0 Å². The molecule has 2 amide bonds. The highest BCUT2D eigenvalue weighted by Crippen LogP contribution is 2.25. The molecule has 0 atom stereocenters. The Morgan fingerprint density at radius 2 is 1.59 bits per heavy atom. The maximum Gasteiger partial charge on any atom is 0.255 e. The number of nitrogens with one attached hydrogen (secondary N) is 2. The minimum Gasteiger partial charge on any atom is -0.495 e. The molecular weight excluding hydrogens is 364 g/mol. The molecule has 0 unspecified atom stereocenters. The molecule has 0 aliphatic carbocycles. The van der Waals surface area contributed by atoms with E-state index in [1.165, 1.54) is 0 Å². The van der Waals surface area contributed by atoms with Gasteiger partial charge >= 0.3 is 0 Å². The lowest BCUT2D eigenvalue weighted by molar-refractivity contribution is 0.0954. The zero-order valence-electron chi connectivity index (χ0n) is 16.6. The van der Waals surface area contributed by atoms with Crippen LogP contribution in [0.25, 0.3) is 0 Å². The second-order valence-corrected chi connectivity index (χ2v) is 6.73. The third-order valence-corrected chi connectivity index (χ3v) is 4.53. The van der Waals surface area contributed by atoms with Crippen LogP contribution in [0.2, 0.25) is 0 Å². The first-order valence-electron chi connectivity index (χ1n) is 9.45. The molecule has 0 radical (unpaired) electrons. The molecule has 148 valence electrons. The quantitative estimate of drug-likeness (QED) is 0.637. The van der Waals surface area contributed by atoms with Crippen molar-refractivity contribution in [3.05, 3.63) is 95.1 Å². The van der Waals surface area contributed by atoms with Gasteiger partial charge in [-0.1, -0.05) is 42.5 Å². The molecule has 0 heterocycles. The van der Waals surface area contributed by atoms with Gasteiger partial charge in [0.15, 0.2) is 0 Å². The van der Waals surface area contributed by atoms with Gasteiger partial charge < -0.3 is 15.4 Å². The molecule has 3 rings (SSSR count). The lowest BCUT2D eigenvalue weighted by atomic mass is 10.1. The predicted octanol–water partition coefficient (Wildman–Crippen LogP) is 4.23. The summed E-state index contributed by atoms with van der Waals surface area (Å²) in [6, 6.07) is 22.2. The summed E-state index contributed by atoms with van der Waals surface area (Å²) < 4.78 is 5.30. The van der Waals surface area contributed by atoms with Crippen molar-refractivity contribution < 1.29 is 14.3 Å². The van der Waals surface area contributed by atoms with Crippen LogP contribution in [0.15, 0.2) is 72.8 Å². The Balaban J connectivity index is 1.64. The number of ether oxygens (including phenoxy) is 1. The molecule has 3 aromatic carbocycles. The summed E-state index contributed by atoms with van der Waals surface area (Å²) in [7, 11) is 1.56. The molecule has 0 spiro atoms. The van der Waals surface area contributed by atoms with Crippen LogP contribution in [0.3, 0.4) is 0 Å². The smallest absolute Gasteiger partial charge is 0.255 e. The number of benzene rings is 3. The minimum absolute atomic E-state index is 0.205. The van der Waals surface area contributed by atoms with Crippen LogP contribution in [0.1, 0.15) is 31.8 Å². The molecule has 0 aliphatic heterocycles. The average molecular weight is 388 g/mol. The molecule has 0 fully saturated rings. The highest BCUT2D eigenvalue weighted by molar-refractivity contribution is 6.06. The fraction of sp³-hybridized carbons (Fsp3) is 0.167. The maximum atomic E-state index is 12.7. The molecular formula is C24H24N2O3. The van der Waals surface area contributed by atoms with Gasteiger partial charge in [0.05, 0.1) is 12.8 Å². The monoisotopic (exact) mass is 388 g/mol. The second kappa shape index (κ2) is 9.55. The number of hydrogen-bond acceptors (Lipinski definition) is 3. The Hall–Kier alpha value is -3.60. The lowest BCUT2D eigenvalue weighted by Gasteiger charge is -2.12. The van der Waals surface area contributed by atoms with Crippen molar-refractivity contribution in [2.75, 3.05) is 19.0 Å². The molecule has 5 heteroatoms. The Labute approximate surface area is 170 Å². The van der Waals surface area contributed by atoms with Gasteiger partial charge in [0.2, 0.25) is 0 Å². The fourth-order valence-corrected chi connectivity index (χ4v) is 2.98. The SMILES string of the molecule is COc1ccc(C)cc1NC(=O)c1cccc(C(=O)NCCc2ccccc2)c1. The number of aryl methyl sites for hydroxylation is 1. The van der Waals surface area contributed by atoms with Crippen molar-refractivity contribution >= 4 is 17.5 Å². The summed E-state index contributed by atoms with van der Waals surface area (Å²) in [5.74, 6) is 0.0790. The van der Waals surface area contributed by atoms with Gasteiger partial charge in [-0.2, -0.15) is 0 Å². The second-order valence-electron chi connectivity index (χ2n) is 6.73. The largest absolute Gasteiger partial charge is 0.495 e. The molecule has 0 aliphatic rings. The Morgan fingerprint density at radius 1 is 0.862 bits per heavy atom. The number of carbonyl (C=O) groups excluding carboxylic acids is 2. The van der Waals surface area contributed by atoms with Crippen molar-refractivity contribution in [1.82, 2.24) is 5.32 Å². The van der Waals surface area contributed by atoms with Crippen LogP contribution in [0.4, 0.5) is 5.69 Å². The predicted molar refractivity (Wildman–Crippen MR) is 115 cm³/mol. The van der Waals surface area contributed by atoms with Crippen molar-refractivity contribution in [2.24, 2.45) is 0 Å². The third-order valence-electron chi connectivity index (χ3n) is 4.53. The zero-order valence-corrected chi connectivity index (χ0v) is 16.6. The van der Waals surface area contributed by atoms with Gasteiger partial charge in [-0.3, -0.25) is 9.59 Å². The van der Waals surface area contributed by atoms with Gasteiger partial charge in [-0.15, -0.1) is 0 Å².